The number of nitrogens with zero attached hydrogens (tertiary/aromatic N) is 2. The van der Waals surface area contributed by atoms with E-state index >= 15 is 0 Å². The lowest BCUT2D eigenvalue weighted by molar-refractivity contribution is -0.384. The van der Waals surface area contributed by atoms with Crippen LogP contribution in [0.1, 0.15) is 87.4 Å². The van der Waals surface area contributed by atoms with Gasteiger partial charge in [0.1, 0.15) is 18.2 Å². The first kappa shape index (κ1) is 33.1. The van der Waals surface area contributed by atoms with Crippen molar-refractivity contribution in [3.63, 3.8) is 0 Å². The van der Waals surface area contributed by atoms with Crippen LogP contribution in [0.2, 0.25) is 0 Å². The fourth-order valence-electron chi connectivity index (χ4n) is 6.94. The average Bonchev–Trinajstić information content (AvgIpc) is 3.33. The van der Waals surface area contributed by atoms with Crippen molar-refractivity contribution in [2.75, 3.05) is 13.7 Å². The molecule has 4 aliphatic rings. The highest BCUT2D eigenvalue weighted by Crippen LogP contribution is 2.57. The standard InChI is InChI=1S/C33H41N3O10/c1-44-31(40)33-18-22(33)9-5-3-2-4-6-12-26(34-32(41)46-24-10-7-8-11-24)29(38)35-20-25(17-27(35)28(37)19-33)45-30(39)21-13-15-23(16-14-21)36(42)43/h5,9,13-16,22,24-27H,2-4,6-8,10-12,17-20H2,1H3,(H,34,41)/b9-5-/t22-,25-,26+,27+,33-/m1/s1. The van der Waals surface area contributed by atoms with E-state index in [4.69, 9.17) is 14.2 Å². The first-order chi connectivity index (χ1) is 22.1. The number of rotatable bonds is 6. The molecule has 5 atom stereocenters. The Morgan fingerprint density at radius 3 is 2.39 bits per heavy atom. The van der Waals surface area contributed by atoms with E-state index in [1.165, 1.54) is 36.3 Å². The molecule has 46 heavy (non-hydrogen) atoms. The van der Waals surface area contributed by atoms with Crippen LogP contribution in [-0.2, 0) is 28.6 Å². The molecule has 13 heteroatoms. The number of methoxy groups -OCH3 is 1. The number of carbonyl (C=O) groups is 5. The second-order valence-electron chi connectivity index (χ2n) is 12.7. The fraction of sp³-hybridized carbons (Fsp3) is 0.606. The number of allylic oxidation sites excluding steroid dienone is 2. The lowest BCUT2D eigenvalue weighted by Gasteiger charge is -2.29. The summed E-state index contributed by atoms with van der Waals surface area (Å²) in [5, 5.41) is 13.8. The molecule has 13 nitrogen and oxygen atoms in total. The number of Topliss-reactive ketones (excluding diaryl/α,β-unsaturated/α-hetero) is 1. The predicted octanol–water partition coefficient (Wildman–Crippen LogP) is 4.42. The third-order valence-electron chi connectivity index (χ3n) is 9.62. The van der Waals surface area contributed by atoms with Gasteiger partial charge in [0.25, 0.3) is 5.69 Å². The molecule has 2 amide bonds. The van der Waals surface area contributed by atoms with E-state index in [1.54, 1.807) is 0 Å². The summed E-state index contributed by atoms with van der Waals surface area (Å²) in [7, 11) is 1.29. The number of hydrogen-bond acceptors (Lipinski definition) is 10. The van der Waals surface area contributed by atoms with Gasteiger partial charge in [-0.05, 0) is 69.4 Å². The molecule has 1 N–H and O–H groups in total. The minimum atomic E-state index is -1.02. The largest absolute Gasteiger partial charge is 0.469 e. The average molecular weight is 640 g/mol. The highest BCUT2D eigenvalue weighted by molar-refractivity contribution is 5.96. The second kappa shape index (κ2) is 14.4. The van der Waals surface area contributed by atoms with Gasteiger partial charge < -0.3 is 24.4 Å². The number of nitrogens with one attached hydrogen (secondary N) is 1. The van der Waals surface area contributed by atoms with Gasteiger partial charge >= 0.3 is 18.0 Å². The molecule has 2 saturated carbocycles. The zero-order chi connectivity index (χ0) is 32.8. The zero-order valence-electron chi connectivity index (χ0n) is 26.0. The lowest BCUT2D eigenvalue weighted by Crippen LogP contribution is -2.52. The molecular formula is C33H41N3O10. The van der Waals surface area contributed by atoms with Crippen molar-refractivity contribution >= 4 is 35.4 Å². The quantitative estimate of drug-likeness (QED) is 0.154. The topological polar surface area (TPSA) is 171 Å². The molecule has 5 rings (SSSR count). The third-order valence-corrected chi connectivity index (χ3v) is 9.62. The number of amides is 2. The highest BCUT2D eigenvalue weighted by Gasteiger charge is 2.61. The van der Waals surface area contributed by atoms with E-state index in [-0.39, 0.29) is 48.4 Å². The van der Waals surface area contributed by atoms with E-state index < -0.39 is 52.5 Å². The molecule has 2 heterocycles. The number of ether oxygens (including phenoxy) is 3. The highest BCUT2D eigenvalue weighted by atomic mass is 16.6. The first-order valence-corrected chi connectivity index (χ1v) is 16.1. The van der Waals surface area contributed by atoms with Crippen molar-refractivity contribution in [3.05, 3.63) is 52.1 Å². The van der Waals surface area contributed by atoms with Crippen LogP contribution in [0, 0.1) is 21.4 Å². The molecule has 248 valence electrons. The van der Waals surface area contributed by atoms with E-state index in [9.17, 15) is 34.1 Å². The van der Waals surface area contributed by atoms with Gasteiger partial charge in [0.05, 0.1) is 35.6 Å². The number of non-ortho nitro benzene ring substituents is 1. The number of benzene rings is 1. The van der Waals surface area contributed by atoms with Gasteiger partial charge in [-0.3, -0.25) is 24.5 Å². The molecule has 1 aromatic rings. The van der Waals surface area contributed by atoms with E-state index in [0.29, 0.717) is 19.3 Å². The molecular weight excluding hydrogens is 598 g/mol. The summed E-state index contributed by atoms with van der Waals surface area (Å²) < 4.78 is 16.4. The van der Waals surface area contributed by atoms with Crippen molar-refractivity contribution in [3.8, 4) is 0 Å². The van der Waals surface area contributed by atoms with Crippen molar-refractivity contribution < 1.29 is 43.1 Å². The van der Waals surface area contributed by atoms with Crippen LogP contribution in [-0.4, -0.2) is 77.5 Å². The Hall–Kier alpha value is -4.29. The number of ketones is 1. The van der Waals surface area contributed by atoms with Gasteiger partial charge in [-0.2, -0.15) is 0 Å². The fourth-order valence-corrected chi connectivity index (χ4v) is 6.94. The van der Waals surface area contributed by atoms with E-state index in [2.05, 4.69) is 5.32 Å². The zero-order valence-corrected chi connectivity index (χ0v) is 26.0. The smallest absolute Gasteiger partial charge is 0.408 e. The number of nitro benzene ring substituents is 1. The minimum absolute atomic E-state index is 0.000291. The van der Waals surface area contributed by atoms with Gasteiger partial charge in [-0.1, -0.05) is 25.0 Å². The van der Waals surface area contributed by atoms with Crippen LogP contribution < -0.4 is 5.32 Å². The van der Waals surface area contributed by atoms with Gasteiger partial charge in [-0.15, -0.1) is 0 Å². The molecule has 0 spiro atoms. The molecule has 0 unspecified atom stereocenters. The summed E-state index contributed by atoms with van der Waals surface area (Å²) in [6.45, 7) is -0.0988. The van der Waals surface area contributed by atoms with E-state index in [1.807, 2.05) is 12.2 Å². The van der Waals surface area contributed by atoms with Crippen LogP contribution >= 0.6 is 0 Å². The molecule has 2 aliphatic heterocycles. The summed E-state index contributed by atoms with van der Waals surface area (Å²) >= 11 is 0. The molecule has 3 fully saturated rings. The van der Waals surface area contributed by atoms with Crippen molar-refractivity contribution in [2.24, 2.45) is 11.3 Å². The Labute approximate surface area is 267 Å². The van der Waals surface area contributed by atoms with Crippen LogP contribution in [0.4, 0.5) is 10.5 Å². The summed E-state index contributed by atoms with van der Waals surface area (Å²) in [5.74, 6) is -2.23. The Morgan fingerprint density at radius 2 is 1.70 bits per heavy atom. The van der Waals surface area contributed by atoms with Crippen molar-refractivity contribution in [1.82, 2.24) is 10.2 Å². The third kappa shape index (κ3) is 7.56. The molecule has 2 aliphatic carbocycles. The molecule has 0 bridgehead atoms. The first-order valence-electron chi connectivity index (χ1n) is 16.1. The second-order valence-corrected chi connectivity index (χ2v) is 12.7. The van der Waals surface area contributed by atoms with Crippen LogP contribution in [0.5, 0.6) is 0 Å². The number of esters is 2. The lowest BCUT2D eigenvalue weighted by atomic mass is 9.92. The Bertz CT molecular complexity index is 1370. The van der Waals surface area contributed by atoms with Crippen LogP contribution in [0.25, 0.3) is 0 Å². The Kier molecular flexibility index (Phi) is 10.4. The number of nitro groups is 1. The number of hydrogen-bond donors (Lipinski definition) is 1. The van der Waals surface area contributed by atoms with Crippen LogP contribution in [0.15, 0.2) is 36.4 Å². The Balaban J connectivity index is 1.38. The summed E-state index contributed by atoms with van der Waals surface area (Å²) in [4.78, 5) is 78.7. The van der Waals surface area contributed by atoms with Crippen molar-refractivity contribution in [2.45, 2.75) is 101 Å². The SMILES string of the molecule is COC(=O)[C@]12CC(=O)[C@@H]3C[C@@H](OC(=O)c4ccc([N+](=O)[O-])cc4)CN3C(=O)[C@@H](NC(=O)OC3CCCC3)CCCCC/C=C\[C@@H]1C2. The normalized spacial score (nSPS) is 29.4. The van der Waals surface area contributed by atoms with E-state index in [0.717, 1.165) is 44.9 Å². The Morgan fingerprint density at radius 1 is 0.978 bits per heavy atom. The van der Waals surface area contributed by atoms with Crippen molar-refractivity contribution in [1.29, 1.82) is 0 Å². The molecule has 1 saturated heterocycles. The number of alkyl carbamates (subject to hydrolysis) is 1. The molecule has 0 radical (unpaired) electrons. The summed E-state index contributed by atoms with van der Waals surface area (Å²) in [6, 6.07) is 2.97. The molecule has 1 aromatic carbocycles. The number of fused-ring (bicyclic) bond motifs is 2. The summed E-state index contributed by atoms with van der Waals surface area (Å²) in [6.07, 6.45) is 9.47. The maximum absolute atomic E-state index is 14.1. The van der Waals surface area contributed by atoms with Gasteiger partial charge in [0, 0.05) is 25.0 Å². The monoisotopic (exact) mass is 639 g/mol. The van der Waals surface area contributed by atoms with Gasteiger partial charge in [0.2, 0.25) is 5.91 Å². The minimum Gasteiger partial charge on any atom is -0.469 e. The van der Waals surface area contributed by atoms with Gasteiger partial charge in [-0.25, -0.2) is 9.59 Å². The molecule has 0 aromatic heterocycles. The maximum Gasteiger partial charge on any atom is 0.408 e. The predicted molar refractivity (Wildman–Crippen MR) is 162 cm³/mol. The summed E-state index contributed by atoms with van der Waals surface area (Å²) in [5.41, 5.74) is -1.12. The van der Waals surface area contributed by atoms with Crippen LogP contribution in [0.3, 0.4) is 0 Å². The number of carbonyl (C=O) groups excluding carboxylic acids is 5. The maximum atomic E-state index is 14.1. The van der Waals surface area contributed by atoms with Gasteiger partial charge in [0.15, 0.2) is 5.78 Å².